The average molecular weight is 498 g/mol. The van der Waals surface area contributed by atoms with Crippen LogP contribution in [0.5, 0.6) is 0 Å². The molecule has 196 valence electrons. The minimum absolute atomic E-state index is 0.112. The second-order valence-electron chi connectivity index (χ2n) is 8.71. The second kappa shape index (κ2) is 14.0. The van der Waals surface area contributed by atoms with Gasteiger partial charge in [0.1, 0.15) is 18.1 Å². The SMILES string of the molecule is CC(C)CC(N)C(=O)NC(CCC(N)=O)C(=O)NC(C(=O)NC(Cc1cnc[nH]1)C(=O)O)C(C)O. The van der Waals surface area contributed by atoms with Crippen LogP contribution in [-0.4, -0.2) is 80.1 Å². The lowest BCUT2D eigenvalue weighted by molar-refractivity contribution is -0.143. The number of aliphatic hydroxyl groups is 1. The van der Waals surface area contributed by atoms with E-state index in [0.717, 1.165) is 0 Å². The van der Waals surface area contributed by atoms with Crippen LogP contribution in [0.25, 0.3) is 0 Å². The molecule has 10 N–H and O–H groups in total. The first-order valence-corrected chi connectivity index (χ1v) is 11.1. The van der Waals surface area contributed by atoms with Gasteiger partial charge < -0.3 is 42.6 Å². The van der Waals surface area contributed by atoms with E-state index in [1.807, 2.05) is 13.8 Å². The predicted octanol–water partition coefficient (Wildman–Crippen LogP) is -2.49. The molecule has 14 nitrogen and oxygen atoms in total. The third kappa shape index (κ3) is 10.5. The van der Waals surface area contributed by atoms with Crippen LogP contribution in [0.15, 0.2) is 12.5 Å². The molecule has 5 atom stereocenters. The van der Waals surface area contributed by atoms with Crippen molar-refractivity contribution < 1.29 is 34.2 Å². The minimum atomic E-state index is -1.55. The molecule has 0 bridgehead atoms. The van der Waals surface area contributed by atoms with Crippen molar-refractivity contribution in [3.05, 3.63) is 18.2 Å². The van der Waals surface area contributed by atoms with Gasteiger partial charge in [0.2, 0.25) is 23.6 Å². The summed E-state index contributed by atoms with van der Waals surface area (Å²) in [7, 11) is 0. The van der Waals surface area contributed by atoms with Crippen LogP contribution in [-0.2, 0) is 30.4 Å². The number of carbonyl (C=O) groups excluding carboxylic acids is 4. The van der Waals surface area contributed by atoms with Crippen LogP contribution < -0.4 is 27.4 Å². The molecular weight excluding hydrogens is 462 g/mol. The Morgan fingerprint density at radius 1 is 1.03 bits per heavy atom. The van der Waals surface area contributed by atoms with Crippen molar-refractivity contribution in [2.45, 2.75) is 76.7 Å². The Bertz CT molecular complexity index is 873. The number of carboxylic acid groups (broad SMARTS) is 1. The largest absolute Gasteiger partial charge is 0.480 e. The Hall–Kier alpha value is -3.52. The highest BCUT2D eigenvalue weighted by atomic mass is 16.4. The van der Waals surface area contributed by atoms with Gasteiger partial charge in [0, 0.05) is 24.7 Å². The van der Waals surface area contributed by atoms with Crippen molar-refractivity contribution in [3.8, 4) is 0 Å². The molecule has 0 fully saturated rings. The van der Waals surface area contributed by atoms with E-state index in [9.17, 15) is 34.2 Å². The van der Waals surface area contributed by atoms with Crippen LogP contribution in [0.3, 0.4) is 0 Å². The topological polar surface area (TPSA) is 243 Å². The molecule has 1 aromatic heterocycles. The standard InChI is InChI=1S/C21H35N7O7/c1-10(2)6-13(22)18(31)26-14(4-5-16(23)30)19(32)28-17(11(3)29)20(33)27-15(21(34)35)7-12-8-24-9-25-12/h8-11,13-15,17,29H,4-7,22H2,1-3H3,(H2,23,30)(H,24,25)(H,26,31)(H,27,33)(H,28,32)(H,34,35). The minimum Gasteiger partial charge on any atom is -0.480 e. The van der Waals surface area contributed by atoms with Crippen molar-refractivity contribution in [3.63, 3.8) is 0 Å². The Kier molecular flexibility index (Phi) is 11.8. The highest BCUT2D eigenvalue weighted by Crippen LogP contribution is 2.06. The number of hydrogen-bond donors (Lipinski definition) is 8. The number of aliphatic carboxylic acids is 1. The quantitative estimate of drug-likeness (QED) is 0.128. The fourth-order valence-electron chi connectivity index (χ4n) is 3.19. The zero-order valence-electron chi connectivity index (χ0n) is 20.0. The zero-order chi connectivity index (χ0) is 26.7. The third-order valence-electron chi connectivity index (χ3n) is 5.03. The summed E-state index contributed by atoms with van der Waals surface area (Å²) in [6.45, 7) is 4.96. The average Bonchev–Trinajstić information content (AvgIpc) is 3.26. The van der Waals surface area contributed by atoms with E-state index in [2.05, 4.69) is 25.9 Å². The van der Waals surface area contributed by atoms with Gasteiger partial charge in [-0.2, -0.15) is 0 Å². The van der Waals surface area contributed by atoms with Gasteiger partial charge in [0.05, 0.1) is 18.5 Å². The maximum absolute atomic E-state index is 12.9. The number of primary amides is 1. The molecule has 0 radical (unpaired) electrons. The highest BCUT2D eigenvalue weighted by molar-refractivity contribution is 5.94. The van der Waals surface area contributed by atoms with Crippen molar-refractivity contribution >= 4 is 29.6 Å². The first-order valence-electron chi connectivity index (χ1n) is 11.1. The molecule has 4 amide bonds. The first kappa shape index (κ1) is 29.5. The number of aromatic nitrogens is 2. The number of rotatable bonds is 15. The summed E-state index contributed by atoms with van der Waals surface area (Å²) in [5.74, 6) is -4.41. The Morgan fingerprint density at radius 3 is 2.14 bits per heavy atom. The zero-order valence-corrected chi connectivity index (χ0v) is 20.0. The number of imidazole rings is 1. The summed E-state index contributed by atoms with van der Waals surface area (Å²) in [5.41, 5.74) is 11.5. The van der Waals surface area contributed by atoms with E-state index in [-0.39, 0.29) is 25.2 Å². The number of H-pyrrole nitrogens is 1. The van der Waals surface area contributed by atoms with E-state index < -0.39 is 59.9 Å². The van der Waals surface area contributed by atoms with E-state index in [4.69, 9.17) is 11.5 Å². The van der Waals surface area contributed by atoms with Crippen LogP contribution in [0, 0.1) is 5.92 Å². The summed E-state index contributed by atoms with van der Waals surface area (Å²) in [4.78, 5) is 67.4. The smallest absolute Gasteiger partial charge is 0.326 e. The molecule has 0 aliphatic carbocycles. The lowest BCUT2D eigenvalue weighted by atomic mass is 10.0. The monoisotopic (exact) mass is 497 g/mol. The normalized spacial score (nSPS) is 15.4. The second-order valence-corrected chi connectivity index (χ2v) is 8.71. The van der Waals surface area contributed by atoms with Gasteiger partial charge in [0.15, 0.2) is 0 Å². The Balaban J connectivity index is 2.95. The maximum atomic E-state index is 12.9. The molecule has 0 saturated heterocycles. The fraction of sp³-hybridized carbons (Fsp3) is 0.619. The number of nitrogens with zero attached hydrogens (tertiary/aromatic N) is 1. The molecule has 1 rings (SSSR count). The van der Waals surface area contributed by atoms with Crippen molar-refractivity contribution in [2.75, 3.05) is 0 Å². The number of amides is 4. The van der Waals surface area contributed by atoms with Crippen LogP contribution in [0.4, 0.5) is 0 Å². The van der Waals surface area contributed by atoms with E-state index in [1.165, 1.54) is 19.4 Å². The molecule has 0 saturated carbocycles. The van der Waals surface area contributed by atoms with Crippen LogP contribution in [0.1, 0.15) is 45.7 Å². The predicted molar refractivity (Wildman–Crippen MR) is 123 cm³/mol. The first-order chi connectivity index (χ1) is 16.3. The number of carboxylic acids is 1. The molecule has 0 aromatic carbocycles. The Labute approximate surface area is 202 Å². The summed E-state index contributed by atoms with van der Waals surface area (Å²) >= 11 is 0. The number of nitrogens with one attached hydrogen (secondary N) is 4. The molecular formula is C21H35N7O7. The molecule has 0 aliphatic heterocycles. The number of nitrogens with two attached hydrogens (primary N) is 2. The van der Waals surface area contributed by atoms with E-state index in [0.29, 0.717) is 12.1 Å². The molecule has 0 aliphatic rings. The summed E-state index contributed by atoms with van der Waals surface area (Å²) < 4.78 is 0. The fourth-order valence-corrected chi connectivity index (χ4v) is 3.19. The van der Waals surface area contributed by atoms with Crippen molar-refractivity contribution in [2.24, 2.45) is 17.4 Å². The third-order valence-corrected chi connectivity index (χ3v) is 5.03. The lowest BCUT2D eigenvalue weighted by Crippen LogP contribution is -2.60. The highest BCUT2D eigenvalue weighted by Gasteiger charge is 2.33. The van der Waals surface area contributed by atoms with E-state index >= 15 is 0 Å². The summed E-state index contributed by atoms with van der Waals surface area (Å²) in [5, 5.41) is 26.6. The van der Waals surface area contributed by atoms with Crippen molar-refractivity contribution in [1.29, 1.82) is 0 Å². The van der Waals surface area contributed by atoms with Gasteiger partial charge in [-0.25, -0.2) is 9.78 Å². The summed E-state index contributed by atoms with van der Waals surface area (Å²) in [6, 6.07) is -5.11. The number of carbonyl (C=O) groups is 5. The van der Waals surface area contributed by atoms with Crippen LogP contribution in [0.2, 0.25) is 0 Å². The Morgan fingerprint density at radius 2 is 1.66 bits per heavy atom. The maximum Gasteiger partial charge on any atom is 0.326 e. The molecule has 35 heavy (non-hydrogen) atoms. The lowest BCUT2D eigenvalue weighted by Gasteiger charge is -2.26. The number of aliphatic hydroxyl groups excluding tert-OH is 1. The van der Waals surface area contributed by atoms with Gasteiger partial charge >= 0.3 is 5.97 Å². The van der Waals surface area contributed by atoms with Crippen LogP contribution >= 0.6 is 0 Å². The number of hydrogen-bond acceptors (Lipinski definition) is 8. The molecule has 14 heteroatoms. The van der Waals surface area contributed by atoms with E-state index in [1.54, 1.807) is 0 Å². The molecule has 0 spiro atoms. The van der Waals surface area contributed by atoms with Gasteiger partial charge in [-0.15, -0.1) is 0 Å². The number of aromatic amines is 1. The molecule has 1 heterocycles. The molecule has 1 aromatic rings. The molecule has 5 unspecified atom stereocenters. The van der Waals surface area contributed by atoms with Gasteiger partial charge in [-0.3, -0.25) is 19.2 Å². The van der Waals surface area contributed by atoms with Gasteiger partial charge in [0.25, 0.3) is 0 Å². The van der Waals surface area contributed by atoms with Crippen molar-refractivity contribution in [1.82, 2.24) is 25.9 Å². The summed E-state index contributed by atoms with van der Waals surface area (Å²) in [6.07, 6.45) is 1.14. The van der Waals surface area contributed by atoms with Gasteiger partial charge in [-0.1, -0.05) is 13.8 Å². The van der Waals surface area contributed by atoms with Gasteiger partial charge in [-0.05, 0) is 25.7 Å².